The summed E-state index contributed by atoms with van der Waals surface area (Å²) in [4.78, 5) is 11.3. The second kappa shape index (κ2) is 8.98. The normalized spacial score (nSPS) is 10.1. The zero-order valence-corrected chi connectivity index (χ0v) is 9.77. The fourth-order valence-corrected chi connectivity index (χ4v) is 1.40. The third-order valence-electron chi connectivity index (χ3n) is 2.39. The molecule has 0 aliphatic carbocycles. The monoisotopic (exact) mass is 196 g/mol. The van der Waals surface area contributed by atoms with Crippen LogP contribution < -0.4 is 0 Å². The van der Waals surface area contributed by atoms with Crippen LogP contribution in [0.1, 0.15) is 65.2 Å². The molecule has 0 aliphatic heterocycles. The van der Waals surface area contributed by atoms with E-state index in [4.69, 9.17) is 0 Å². The summed E-state index contributed by atoms with van der Waals surface area (Å²) < 4.78 is 0. The lowest BCUT2D eigenvalue weighted by molar-refractivity contribution is -0.119. The number of hydrogen-bond acceptors (Lipinski definition) is 1. The van der Waals surface area contributed by atoms with Crippen molar-refractivity contribution in [2.45, 2.75) is 65.2 Å². The molecule has 0 rings (SSSR count). The predicted octanol–water partition coefficient (Wildman–Crippen LogP) is 4.27. The molecule has 0 heterocycles. The summed E-state index contributed by atoms with van der Waals surface area (Å²) in [5.74, 6) is 0.407. The summed E-state index contributed by atoms with van der Waals surface area (Å²) in [5.41, 5.74) is 1.12. The third-order valence-corrected chi connectivity index (χ3v) is 2.39. The van der Waals surface area contributed by atoms with Crippen LogP contribution in [0.25, 0.3) is 0 Å². The first-order valence-corrected chi connectivity index (χ1v) is 5.83. The molecule has 0 atom stereocenters. The molecule has 0 N–H and O–H groups in total. The summed E-state index contributed by atoms with van der Waals surface area (Å²) in [7, 11) is 0. The molecule has 1 nitrogen and oxygen atoms in total. The van der Waals surface area contributed by atoms with Gasteiger partial charge in [-0.2, -0.15) is 0 Å². The molecule has 0 aromatic rings. The Balaban J connectivity index is 3.22. The van der Waals surface area contributed by atoms with Crippen molar-refractivity contribution >= 4 is 5.78 Å². The first kappa shape index (κ1) is 13.4. The minimum absolute atomic E-state index is 0.407. The number of Topliss-reactive ketones (excluding diaryl/α,β-unsaturated/α-hetero) is 1. The van der Waals surface area contributed by atoms with Gasteiger partial charge in [-0.1, -0.05) is 38.2 Å². The maximum atomic E-state index is 11.3. The standard InChI is InChI=1S/C13H24O/c1-4-5-6-7-8-9-13(14)11-10-12(2)3/h2,4-11H2,1,3H3. The topological polar surface area (TPSA) is 17.1 Å². The van der Waals surface area contributed by atoms with Gasteiger partial charge in [0.1, 0.15) is 5.78 Å². The smallest absolute Gasteiger partial charge is 0.133 e. The van der Waals surface area contributed by atoms with Gasteiger partial charge in [-0.3, -0.25) is 4.79 Å². The zero-order valence-electron chi connectivity index (χ0n) is 9.77. The van der Waals surface area contributed by atoms with Gasteiger partial charge in [-0.25, -0.2) is 0 Å². The molecular formula is C13H24O. The van der Waals surface area contributed by atoms with Crippen molar-refractivity contribution in [2.24, 2.45) is 0 Å². The zero-order chi connectivity index (χ0) is 10.8. The maximum Gasteiger partial charge on any atom is 0.133 e. The van der Waals surface area contributed by atoms with Gasteiger partial charge in [0.15, 0.2) is 0 Å². The van der Waals surface area contributed by atoms with Gasteiger partial charge in [0.25, 0.3) is 0 Å². The van der Waals surface area contributed by atoms with Crippen molar-refractivity contribution in [2.75, 3.05) is 0 Å². The number of carbonyl (C=O) groups excluding carboxylic acids is 1. The van der Waals surface area contributed by atoms with Crippen molar-refractivity contribution in [3.05, 3.63) is 12.2 Å². The average molecular weight is 196 g/mol. The molecule has 0 spiro atoms. The highest BCUT2D eigenvalue weighted by molar-refractivity contribution is 5.78. The lowest BCUT2D eigenvalue weighted by Crippen LogP contribution is -1.97. The molecule has 0 radical (unpaired) electrons. The average Bonchev–Trinajstić information content (AvgIpc) is 2.14. The fraction of sp³-hybridized carbons (Fsp3) is 0.769. The van der Waals surface area contributed by atoms with Gasteiger partial charge < -0.3 is 0 Å². The highest BCUT2D eigenvalue weighted by Gasteiger charge is 2.01. The Labute approximate surface area is 88.6 Å². The van der Waals surface area contributed by atoms with Crippen molar-refractivity contribution in [3.8, 4) is 0 Å². The number of allylic oxidation sites excluding steroid dienone is 1. The molecule has 0 aromatic carbocycles. The van der Waals surface area contributed by atoms with E-state index in [-0.39, 0.29) is 0 Å². The Kier molecular flexibility index (Phi) is 8.61. The largest absolute Gasteiger partial charge is 0.300 e. The predicted molar refractivity (Wildman–Crippen MR) is 62.4 cm³/mol. The van der Waals surface area contributed by atoms with E-state index >= 15 is 0 Å². The first-order chi connectivity index (χ1) is 6.66. The van der Waals surface area contributed by atoms with Gasteiger partial charge in [-0.15, -0.1) is 6.58 Å². The maximum absolute atomic E-state index is 11.3. The summed E-state index contributed by atoms with van der Waals surface area (Å²) in [5, 5.41) is 0. The van der Waals surface area contributed by atoms with E-state index in [1.54, 1.807) is 0 Å². The Hall–Kier alpha value is -0.590. The lowest BCUT2D eigenvalue weighted by atomic mass is 10.0. The molecule has 0 aromatic heterocycles. The number of ketones is 1. The van der Waals surface area contributed by atoms with E-state index in [1.807, 2.05) is 6.92 Å². The van der Waals surface area contributed by atoms with Crippen LogP contribution in [0.5, 0.6) is 0 Å². The number of carbonyl (C=O) groups is 1. The molecule has 0 amide bonds. The summed E-state index contributed by atoms with van der Waals surface area (Å²) in [6.45, 7) is 7.98. The van der Waals surface area contributed by atoms with Crippen LogP contribution >= 0.6 is 0 Å². The fourth-order valence-electron chi connectivity index (χ4n) is 1.40. The Morgan fingerprint density at radius 1 is 1.00 bits per heavy atom. The van der Waals surface area contributed by atoms with Crippen LogP contribution in [0.15, 0.2) is 12.2 Å². The van der Waals surface area contributed by atoms with Crippen molar-refractivity contribution in [1.82, 2.24) is 0 Å². The molecule has 0 saturated heterocycles. The SMILES string of the molecule is C=C(C)CCC(=O)CCCCCCC. The number of rotatable bonds is 9. The van der Waals surface area contributed by atoms with Crippen LogP contribution in [-0.4, -0.2) is 5.78 Å². The molecule has 0 saturated carbocycles. The van der Waals surface area contributed by atoms with Crippen molar-refractivity contribution in [3.63, 3.8) is 0 Å². The molecular weight excluding hydrogens is 172 g/mol. The number of hydrogen-bond donors (Lipinski definition) is 0. The Morgan fingerprint density at radius 2 is 1.64 bits per heavy atom. The minimum atomic E-state index is 0.407. The second-order valence-corrected chi connectivity index (χ2v) is 4.16. The highest BCUT2D eigenvalue weighted by Crippen LogP contribution is 2.09. The lowest BCUT2D eigenvalue weighted by Gasteiger charge is -2.00. The number of unbranched alkanes of at least 4 members (excludes halogenated alkanes) is 4. The molecule has 0 aliphatic rings. The van der Waals surface area contributed by atoms with Crippen molar-refractivity contribution in [1.29, 1.82) is 0 Å². The van der Waals surface area contributed by atoms with Crippen LogP contribution in [0, 0.1) is 0 Å². The summed E-state index contributed by atoms with van der Waals surface area (Å²) in [6.07, 6.45) is 8.49. The minimum Gasteiger partial charge on any atom is -0.300 e. The van der Waals surface area contributed by atoms with E-state index in [0.717, 1.165) is 24.8 Å². The highest BCUT2D eigenvalue weighted by atomic mass is 16.1. The van der Waals surface area contributed by atoms with E-state index < -0.39 is 0 Å². The van der Waals surface area contributed by atoms with Crippen LogP contribution in [0.3, 0.4) is 0 Å². The third kappa shape index (κ3) is 9.50. The second-order valence-electron chi connectivity index (χ2n) is 4.16. The molecule has 14 heavy (non-hydrogen) atoms. The molecule has 1 heteroatoms. The molecule has 82 valence electrons. The van der Waals surface area contributed by atoms with Gasteiger partial charge in [0, 0.05) is 12.8 Å². The summed E-state index contributed by atoms with van der Waals surface area (Å²) >= 11 is 0. The van der Waals surface area contributed by atoms with Gasteiger partial charge >= 0.3 is 0 Å². The quantitative estimate of drug-likeness (QED) is 0.397. The van der Waals surface area contributed by atoms with Crippen LogP contribution in [0.4, 0.5) is 0 Å². The van der Waals surface area contributed by atoms with E-state index in [0.29, 0.717) is 12.2 Å². The van der Waals surface area contributed by atoms with E-state index in [1.165, 1.54) is 25.7 Å². The molecule has 0 unspecified atom stereocenters. The van der Waals surface area contributed by atoms with E-state index in [9.17, 15) is 4.79 Å². The molecule has 0 fully saturated rings. The van der Waals surface area contributed by atoms with Crippen molar-refractivity contribution < 1.29 is 4.79 Å². The van der Waals surface area contributed by atoms with Crippen LogP contribution in [-0.2, 0) is 4.79 Å². The Morgan fingerprint density at radius 3 is 2.21 bits per heavy atom. The first-order valence-electron chi connectivity index (χ1n) is 5.83. The summed E-state index contributed by atoms with van der Waals surface area (Å²) in [6, 6.07) is 0. The van der Waals surface area contributed by atoms with Gasteiger partial charge in [0.2, 0.25) is 0 Å². The van der Waals surface area contributed by atoms with E-state index in [2.05, 4.69) is 13.5 Å². The Bertz CT molecular complexity index is 170. The van der Waals surface area contributed by atoms with Gasteiger partial charge in [-0.05, 0) is 19.8 Å². The van der Waals surface area contributed by atoms with Gasteiger partial charge in [0.05, 0.1) is 0 Å². The molecule has 0 bridgehead atoms. The van der Waals surface area contributed by atoms with Crippen LogP contribution in [0.2, 0.25) is 0 Å².